The molecule has 0 radical (unpaired) electrons. The van der Waals surface area contributed by atoms with E-state index in [1.807, 2.05) is 6.07 Å². The van der Waals surface area contributed by atoms with Gasteiger partial charge in [-0.15, -0.1) is 0 Å². The summed E-state index contributed by atoms with van der Waals surface area (Å²) >= 11 is 3.41. The van der Waals surface area contributed by atoms with Crippen LogP contribution in [0, 0.1) is 5.82 Å². The molecular weight excluding hydrogens is 309 g/mol. The molecule has 0 saturated heterocycles. The molecule has 0 aromatic heterocycles. The number of ether oxygens (including phenoxy) is 1. The first-order valence-electron chi connectivity index (χ1n) is 6.85. The molecule has 2 nitrogen and oxygen atoms in total. The average Bonchev–Trinajstić information content (AvgIpc) is 2.41. The molecule has 1 rings (SSSR count). The van der Waals surface area contributed by atoms with Gasteiger partial charge < -0.3 is 10.1 Å². The Morgan fingerprint density at radius 3 is 2.63 bits per heavy atom. The molecule has 1 aromatic rings. The van der Waals surface area contributed by atoms with Crippen molar-refractivity contribution >= 4 is 15.9 Å². The molecule has 0 bridgehead atoms. The molecule has 0 amide bonds. The molecule has 0 aliphatic carbocycles. The summed E-state index contributed by atoms with van der Waals surface area (Å²) < 4.78 is 20.5. The molecule has 0 aliphatic rings. The number of hydrogen-bond donors (Lipinski definition) is 1. The smallest absolute Gasteiger partial charge is 0.128 e. The summed E-state index contributed by atoms with van der Waals surface area (Å²) in [5.41, 5.74) is 0.670. The Morgan fingerprint density at radius 1 is 1.32 bits per heavy atom. The number of hydrogen-bond acceptors (Lipinski definition) is 2. The van der Waals surface area contributed by atoms with Gasteiger partial charge >= 0.3 is 0 Å². The van der Waals surface area contributed by atoms with Gasteiger partial charge in [0.15, 0.2) is 0 Å². The Hall–Kier alpha value is -0.450. The third kappa shape index (κ3) is 4.86. The highest BCUT2D eigenvalue weighted by Crippen LogP contribution is 2.27. The molecule has 0 saturated carbocycles. The largest absolute Gasteiger partial charge is 0.379 e. The van der Waals surface area contributed by atoms with Crippen molar-refractivity contribution in [3.8, 4) is 0 Å². The van der Waals surface area contributed by atoms with Crippen LogP contribution in [0.25, 0.3) is 0 Å². The van der Waals surface area contributed by atoms with Crippen molar-refractivity contribution in [1.29, 1.82) is 0 Å². The van der Waals surface area contributed by atoms with E-state index in [-0.39, 0.29) is 18.0 Å². The van der Waals surface area contributed by atoms with Gasteiger partial charge in [0.2, 0.25) is 0 Å². The van der Waals surface area contributed by atoms with E-state index in [0.29, 0.717) is 5.56 Å². The molecule has 2 unspecified atom stereocenters. The van der Waals surface area contributed by atoms with E-state index in [4.69, 9.17) is 4.74 Å². The SMILES string of the molecule is CCCNC(c1cc(Br)ccc1F)C(CCC)OC. The summed E-state index contributed by atoms with van der Waals surface area (Å²) in [6.45, 7) is 5.06. The van der Waals surface area contributed by atoms with Crippen molar-refractivity contribution in [2.45, 2.75) is 45.3 Å². The lowest BCUT2D eigenvalue weighted by Gasteiger charge is -2.28. The predicted molar refractivity (Wildman–Crippen MR) is 80.8 cm³/mol. The summed E-state index contributed by atoms with van der Waals surface area (Å²) in [6, 6.07) is 4.95. The lowest BCUT2D eigenvalue weighted by molar-refractivity contribution is 0.0594. The summed E-state index contributed by atoms with van der Waals surface area (Å²) in [4.78, 5) is 0. The molecule has 0 spiro atoms. The van der Waals surface area contributed by atoms with Crippen LogP contribution in [0.1, 0.15) is 44.7 Å². The van der Waals surface area contributed by atoms with Crippen molar-refractivity contribution in [2.24, 2.45) is 0 Å². The van der Waals surface area contributed by atoms with E-state index >= 15 is 0 Å². The molecule has 108 valence electrons. The zero-order chi connectivity index (χ0) is 14.3. The van der Waals surface area contributed by atoms with Crippen molar-refractivity contribution in [3.05, 3.63) is 34.1 Å². The highest BCUT2D eigenvalue weighted by Gasteiger charge is 2.24. The van der Waals surface area contributed by atoms with E-state index in [0.717, 1.165) is 30.3 Å². The Morgan fingerprint density at radius 2 is 2.05 bits per heavy atom. The van der Waals surface area contributed by atoms with Gasteiger partial charge in [0.1, 0.15) is 5.82 Å². The van der Waals surface area contributed by atoms with Gasteiger partial charge in [-0.3, -0.25) is 0 Å². The standard InChI is InChI=1S/C15H23BrFNO/c1-4-6-14(19-3)15(18-9-5-2)12-10-11(16)7-8-13(12)17/h7-8,10,14-15,18H,4-6,9H2,1-3H3. The molecule has 1 aromatic carbocycles. The minimum absolute atomic E-state index is 0.0136. The zero-order valence-electron chi connectivity index (χ0n) is 11.9. The van der Waals surface area contributed by atoms with E-state index < -0.39 is 0 Å². The molecular formula is C15H23BrFNO. The van der Waals surface area contributed by atoms with E-state index in [2.05, 4.69) is 35.1 Å². The molecule has 0 aliphatic heterocycles. The Bertz CT molecular complexity index is 386. The van der Waals surface area contributed by atoms with Gasteiger partial charge in [0.25, 0.3) is 0 Å². The monoisotopic (exact) mass is 331 g/mol. The second-order valence-corrected chi connectivity index (χ2v) is 5.58. The normalized spacial score (nSPS) is 14.4. The topological polar surface area (TPSA) is 21.3 Å². The van der Waals surface area contributed by atoms with Gasteiger partial charge in [0.05, 0.1) is 12.1 Å². The number of nitrogens with one attached hydrogen (secondary N) is 1. The predicted octanol–water partition coefficient (Wildman–Crippen LogP) is 4.44. The quantitative estimate of drug-likeness (QED) is 0.760. The average molecular weight is 332 g/mol. The van der Waals surface area contributed by atoms with Gasteiger partial charge in [-0.2, -0.15) is 0 Å². The van der Waals surface area contributed by atoms with Gasteiger partial charge in [0, 0.05) is 17.1 Å². The van der Waals surface area contributed by atoms with Crippen LogP contribution in [0.15, 0.2) is 22.7 Å². The van der Waals surface area contributed by atoms with Crippen LogP contribution in [-0.2, 0) is 4.74 Å². The summed E-state index contributed by atoms with van der Waals surface area (Å²) in [5, 5.41) is 3.40. The van der Waals surface area contributed by atoms with E-state index in [1.54, 1.807) is 13.2 Å². The molecule has 0 heterocycles. The van der Waals surface area contributed by atoms with E-state index in [9.17, 15) is 4.39 Å². The second kappa shape index (κ2) is 8.67. The van der Waals surface area contributed by atoms with Crippen LogP contribution >= 0.6 is 15.9 Å². The maximum atomic E-state index is 14.1. The number of benzene rings is 1. The minimum Gasteiger partial charge on any atom is -0.379 e. The van der Waals surface area contributed by atoms with E-state index in [1.165, 1.54) is 6.07 Å². The second-order valence-electron chi connectivity index (χ2n) is 4.66. The summed E-state index contributed by atoms with van der Waals surface area (Å²) in [7, 11) is 1.69. The van der Waals surface area contributed by atoms with Crippen molar-refractivity contribution in [2.75, 3.05) is 13.7 Å². The third-order valence-corrected chi connectivity index (χ3v) is 3.65. The highest BCUT2D eigenvalue weighted by molar-refractivity contribution is 9.10. The third-order valence-electron chi connectivity index (χ3n) is 3.16. The first kappa shape index (κ1) is 16.6. The first-order chi connectivity index (χ1) is 9.13. The molecule has 19 heavy (non-hydrogen) atoms. The van der Waals surface area contributed by atoms with Crippen molar-refractivity contribution < 1.29 is 9.13 Å². The van der Waals surface area contributed by atoms with Crippen LogP contribution in [-0.4, -0.2) is 19.8 Å². The van der Waals surface area contributed by atoms with Gasteiger partial charge in [-0.1, -0.05) is 36.2 Å². The number of methoxy groups -OCH3 is 1. The number of halogens is 2. The lowest BCUT2D eigenvalue weighted by Crippen LogP contribution is -2.34. The summed E-state index contributed by atoms with van der Waals surface area (Å²) in [6.07, 6.45) is 2.91. The molecule has 4 heteroatoms. The van der Waals surface area contributed by atoms with Crippen LogP contribution in [0.3, 0.4) is 0 Å². The minimum atomic E-state index is -0.185. The maximum Gasteiger partial charge on any atom is 0.128 e. The fourth-order valence-electron chi connectivity index (χ4n) is 2.20. The van der Waals surface area contributed by atoms with Crippen LogP contribution in [0.4, 0.5) is 4.39 Å². The fourth-order valence-corrected chi connectivity index (χ4v) is 2.58. The Kier molecular flexibility index (Phi) is 7.57. The van der Waals surface area contributed by atoms with Crippen LogP contribution in [0.2, 0.25) is 0 Å². The number of rotatable bonds is 8. The maximum absolute atomic E-state index is 14.1. The van der Waals surface area contributed by atoms with Crippen LogP contribution < -0.4 is 5.32 Å². The summed E-state index contributed by atoms with van der Waals surface area (Å²) in [5.74, 6) is -0.185. The van der Waals surface area contributed by atoms with Crippen LogP contribution in [0.5, 0.6) is 0 Å². The molecule has 2 atom stereocenters. The van der Waals surface area contributed by atoms with Gasteiger partial charge in [-0.05, 0) is 37.6 Å². The highest BCUT2D eigenvalue weighted by atomic mass is 79.9. The first-order valence-corrected chi connectivity index (χ1v) is 7.64. The Labute approximate surface area is 123 Å². The van der Waals surface area contributed by atoms with Gasteiger partial charge in [-0.25, -0.2) is 4.39 Å². The zero-order valence-corrected chi connectivity index (χ0v) is 13.5. The fraction of sp³-hybridized carbons (Fsp3) is 0.600. The molecule has 1 N–H and O–H groups in total. The Balaban J connectivity index is 3.03. The van der Waals surface area contributed by atoms with Crippen molar-refractivity contribution in [3.63, 3.8) is 0 Å². The molecule has 0 fully saturated rings. The van der Waals surface area contributed by atoms with Crippen molar-refractivity contribution in [1.82, 2.24) is 5.32 Å². The lowest BCUT2D eigenvalue weighted by atomic mass is 9.97.